The van der Waals surface area contributed by atoms with Crippen molar-refractivity contribution in [1.29, 1.82) is 0 Å². The predicted octanol–water partition coefficient (Wildman–Crippen LogP) is 8.40. The van der Waals surface area contributed by atoms with Gasteiger partial charge in [0.05, 0.1) is 5.02 Å². The number of nitrogens with zero attached hydrogens (tertiary/aromatic N) is 2. The first-order chi connectivity index (χ1) is 17.2. The second kappa shape index (κ2) is 14.0. The molecular weight excluding hydrogens is 529 g/mol. The van der Waals surface area contributed by atoms with Crippen molar-refractivity contribution >= 4 is 32.6 Å². The number of hydrogen-bond acceptors (Lipinski definition) is 5. The van der Waals surface area contributed by atoms with Gasteiger partial charge in [-0.05, 0) is 36.3 Å². The van der Waals surface area contributed by atoms with Crippen molar-refractivity contribution in [2.45, 2.75) is 111 Å². The first kappa shape index (κ1) is 31.7. The molecule has 0 aliphatic heterocycles. The van der Waals surface area contributed by atoms with Crippen LogP contribution in [0.2, 0.25) is 5.02 Å². The molecule has 0 N–H and O–H groups in total. The van der Waals surface area contributed by atoms with Gasteiger partial charge in [-0.3, -0.25) is 0 Å². The van der Waals surface area contributed by atoms with E-state index in [1.807, 2.05) is 0 Å². The Labute approximate surface area is 224 Å². The third-order valence-electron chi connectivity index (χ3n) is 6.12. The Morgan fingerprint density at radius 2 is 1.54 bits per heavy atom. The summed E-state index contributed by atoms with van der Waals surface area (Å²) in [4.78, 5) is 0. The summed E-state index contributed by atoms with van der Waals surface area (Å²) >= 11 is 6.26. The summed E-state index contributed by atoms with van der Waals surface area (Å²) in [7, 11) is -5.85. The molecule has 0 saturated heterocycles. The van der Waals surface area contributed by atoms with Crippen LogP contribution in [0.25, 0.3) is 10.9 Å². The minimum atomic E-state index is -5.85. The van der Waals surface area contributed by atoms with Crippen molar-refractivity contribution in [3.8, 4) is 5.75 Å². The topological polar surface area (TPSA) is 70.4 Å². The zero-order chi connectivity index (χ0) is 27.7. The summed E-state index contributed by atoms with van der Waals surface area (Å²) in [5.74, 6) is -0.466. The third-order valence-corrected chi connectivity index (χ3v) is 7.39. The van der Waals surface area contributed by atoms with Gasteiger partial charge in [0.25, 0.3) is 0 Å². The molecule has 1 aromatic carbocycles. The summed E-state index contributed by atoms with van der Waals surface area (Å²) in [6.45, 7) is 9.09. The van der Waals surface area contributed by atoms with E-state index in [1.165, 1.54) is 61.9 Å². The number of fused-ring (bicyclic) bond motifs is 1. The average Bonchev–Trinajstić information content (AvgIpc) is 3.22. The van der Waals surface area contributed by atoms with Crippen LogP contribution in [0, 0.1) is 5.41 Å². The number of ether oxygens (including phenoxy) is 1. The highest BCUT2D eigenvalue weighted by Gasteiger charge is 2.49. The van der Waals surface area contributed by atoms with Gasteiger partial charge in [0.2, 0.25) is 0 Å². The Morgan fingerprint density at radius 3 is 2.08 bits per heavy atom. The number of halogens is 4. The molecule has 0 amide bonds. The van der Waals surface area contributed by atoms with Crippen LogP contribution in [-0.2, 0) is 28.0 Å². The van der Waals surface area contributed by atoms with Gasteiger partial charge in [-0.1, -0.05) is 90.7 Å². The molecule has 0 atom stereocenters. The highest BCUT2D eigenvalue weighted by Crippen LogP contribution is 2.38. The molecule has 0 spiro atoms. The van der Waals surface area contributed by atoms with Gasteiger partial charge < -0.3 is 8.92 Å². The molecule has 212 valence electrons. The van der Waals surface area contributed by atoms with Crippen molar-refractivity contribution < 1.29 is 30.5 Å². The summed E-state index contributed by atoms with van der Waals surface area (Å²) in [6.07, 6.45) is 13.8. The lowest BCUT2D eigenvalue weighted by Gasteiger charge is -2.17. The van der Waals surface area contributed by atoms with E-state index in [0.29, 0.717) is 12.0 Å². The van der Waals surface area contributed by atoms with Gasteiger partial charge in [-0.15, -0.1) is 0 Å². The van der Waals surface area contributed by atoms with E-state index in [0.717, 1.165) is 19.3 Å². The van der Waals surface area contributed by atoms with E-state index in [2.05, 4.69) is 30.1 Å². The van der Waals surface area contributed by atoms with Gasteiger partial charge in [0, 0.05) is 18.2 Å². The molecular formula is C26H40ClF3N2O4S. The Morgan fingerprint density at radius 1 is 0.973 bits per heavy atom. The minimum Gasteiger partial charge on any atom is -0.373 e. The lowest BCUT2D eigenvalue weighted by Crippen LogP contribution is -2.28. The molecule has 1 aromatic heterocycles. The summed E-state index contributed by atoms with van der Waals surface area (Å²) < 4.78 is 73.4. The number of rotatable bonds is 16. The maximum absolute atomic E-state index is 12.9. The third kappa shape index (κ3) is 10.3. The van der Waals surface area contributed by atoms with E-state index in [-0.39, 0.29) is 34.6 Å². The number of aryl methyl sites for hydroxylation is 1. The highest BCUT2D eigenvalue weighted by molar-refractivity contribution is 7.88. The molecule has 2 rings (SSSR count). The fourth-order valence-corrected chi connectivity index (χ4v) is 4.82. The summed E-state index contributed by atoms with van der Waals surface area (Å²) in [5, 5.41) is 4.73. The molecule has 0 bridgehead atoms. The standard InChI is InChI=1S/C26H40ClF3N2O4S/c1-5-20-17-22(27)21-18-32(31-23(21)24(20)36-37(33,34)26(28,29)30)19-35-16-14-12-10-8-6-7-9-11-13-15-25(2,3)4/h17-18H,5-16,19H2,1-4H3. The minimum absolute atomic E-state index is 0.0563. The molecule has 37 heavy (non-hydrogen) atoms. The lowest BCUT2D eigenvalue weighted by molar-refractivity contribution is -0.0499. The van der Waals surface area contributed by atoms with Gasteiger partial charge >= 0.3 is 15.6 Å². The second-order valence-corrected chi connectivity index (χ2v) is 12.6. The number of benzene rings is 1. The number of alkyl halides is 3. The van der Waals surface area contributed by atoms with Crippen LogP contribution in [0.3, 0.4) is 0 Å². The van der Waals surface area contributed by atoms with Crippen LogP contribution >= 0.6 is 11.6 Å². The van der Waals surface area contributed by atoms with E-state index < -0.39 is 21.4 Å². The Bertz CT molecular complexity index is 1100. The number of unbranched alkanes of at least 4 members (excludes halogenated alkanes) is 8. The van der Waals surface area contributed by atoms with Gasteiger partial charge in [0.1, 0.15) is 12.2 Å². The van der Waals surface area contributed by atoms with E-state index in [9.17, 15) is 21.6 Å². The number of aromatic nitrogens is 2. The van der Waals surface area contributed by atoms with Crippen molar-refractivity contribution in [2.75, 3.05) is 6.61 Å². The maximum atomic E-state index is 12.9. The molecule has 0 aliphatic rings. The summed E-state index contributed by atoms with van der Waals surface area (Å²) in [6, 6.07) is 1.39. The Balaban J connectivity index is 1.78. The maximum Gasteiger partial charge on any atom is 0.534 e. The Hall–Kier alpha value is -1.52. The molecule has 0 unspecified atom stereocenters. The molecule has 2 aromatic rings. The molecule has 6 nitrogen and oxygen atoms in total. The first-order valence-electron chi connectivity index (χ1n) is 13.0. The smallest absolute Gasteiger partial charge is 0.373 e. The zero-order valence-electron chi connectivity index (χ0n) is 22.3. The van der Waals surface area contributed by atoms with Crippen LogP contribution in [0.4, 0.5) is 13.2 Å². The van der Waals surface area contributed by atoms with Gasteiger partial charge in [-0.2, -0.15) is 26.7 Å². The second-order valence-electron chi connectivity index (χ2n) is 10.6. The lowest BCUT2D eigenvalue weighted by atomic mass is 9.89. The monoisotopic (exact) mass is 568 g/mol. The SMILES string of the molecule is CCc1cc(Cl)c2cn(COCCCCCCCCCCCC(C)(C)C)nc2c1OS(=O)(=O)C(F)(F)F. The molecule has 1 heterocycles. The molecule has 0 radical (unpaired) electrons. The molecule has 0 fully saturated rings. The quantitative estimate of drug-likeness (QED) is 0.115. The number of hydrogen-bond donors (Lipinski definition) is 0. The van der Waals surface area contributed by atoms with E-state index in [4.69, 9.17) is 16.3 Å². The van der Waals surface area contributed by atoms with Gasteiger partial charge in [0.15, 0.2) is 5.75 Å². The zero-order valence-corrected chi connectivity index (χ0v) is 23.9. The summed E-state index contributed by atoms with van der Waals surface area (Å²) in [5.41, 5.74) is -4.97. The van der Waals surface area contributed by atoms with Crippen LogP contribution in [0.1, 0.15) is 97.5 Å². The Kier molecular flexibility index (Phi) is 12.0. The van der Waals surface area contributed by atoms with E-state index >= 15 is 0 Å². The predicted molar refractivity (Wildman–Crippen MR) is 141 cm³/mol. The van der Waals surface area contributed by atoms with Crippen molar-refractivity contribution in [3.05, 3.63) is 22.8 Å². The van der Waals surface area contributed by atoms with Crippen molar-refractivity contribution in [1.82, 2.24) is 9.78 Å². The molecule has 0 saturated carbocycles. The normalized spacial score (nSPS) is 13.0. The van der Waals surface area contributed by atoms with Crippen LogP contribution in [0.5, 0.6) is 5.75 Å². The first-order valence-corrected chi connectivity index (χ1v) is 14.8. The fraction of sp³-hybridized carbons (Fsp3) is 0.731. The van der Waals surface area contributed by atoms with Crippen LogP contribution in [0.15, 0.2) is 12.3 Å². The van der Waals surface area contributed by atoms with Crippen LogP contribution in [-0.4, -0.2) is 30.3 Å². The molecule has 0 aliphatic carbocycles. The highest BCUT2D eigenvalue weighted by atomic mass is 35.5. The fourth-order valence-electron chi connectivity index (χ4n) is 4.05. The van der Waals surface area contributed by atoms with Crippen molar-refractivity contribution in [2.24, 2.45) is 5.41 Å². The van der Waals surface area contributed by atoms with Crippen molar-refractivity contribution in [3.63, 3.8) is 0 Å². The average molecular weight is 569 g/mol. The molecule has 11 heteroatoms. The largest absolute Gasteiger partial charge is 0.534 e. The van der Waals surface area contributed by atoms with E-state index in [1.54, 1.807) is 6.92 Å². The van der Waals surface area contributed by atoms with Crippen LogP contribution < -0.4 is 4.18 Å². The van der Waals surface area contributed by atoms with Gasteiger partial charge in [-0.25, -0.2) is 4.68 Å².